The van der Waals surface area contributed by atoms with E-state index >= 15 is 0 Å². The van der Waals surface area contributed by atoms with Crippen LogP contribution >= 0.6 is 0 Å². The van der Waals surface area contributed by atoms with Gasteiger partial charge in [-0.1, -0.05) is 36.4 Å². The average molecular weight is 312 g/mol. The molecule has 1 atom stereocenters. The molecule has 23 heavy (non-hydrogen) atoms. The molecule has 0 aromatic heterocycles. The summed E-state index contributed by atoms with van der Waals surface area (Å²) >= 11 is 0. The molecule has 0 spiro atoms. The van der Waals surface area contributed by atoms with Crippen molar-refractivity contribution in [3.05, 3.63) is 42.5 Å². The van der Waals surface area contributed by atoms with Crippen LogP contribution < -0.4 is 4.74 Å². The molecule has 5 nitrogen and oxygen atoms in total. The molecule has 1 fully saturated rings. The smallest absolute Gasteiger partial charge is 0.263 e. The maximum absolute atomic E-state index is 12.5. The van der Waals surface area contributed by atoms with E-state index in [-0.39, 0.29) is 5.91 Å². The van der Waals surface area contributed by atoms with Gasteiger partial charge < -0.3 is 14.5 Å². The zero-order chi connectivity index (χ0) is 16.2. The van der Waals surface area contributed by atoms with E-state index in [0.717, 1.165) is 22.9 Å². The first-order valence-corrected chi connectivity index (χ1v) is 7.81. The fourth-order valence-corrected chi connectivity index (χ4v) is 2.84. The molecule has 1 aliphatic heterocycles. The number of amides is 2. The van der Waals surface area contributed by atoms with Crippen molar-refractivity contribution in [2.45, 2.75) is 13.0 Å². The van der Waals surface area contributed by atoms with E-state index in [2.05, 4.69) is 0 Å². The molecule has 0 N–H and O–H groups in total. The lowest BCUT2D eigenvalue weighted by Gasteiger charge is -2.34. The predicted molar refractivity (Wildman–Crippen MR) is 88.3 cm³/mol. The first-order chi connectivity index (χ1) is 11.2. The number of rotatable bonds is 4. The van der Waals surface area contributed by atoms with Gasteiger partial charge in [-0.15, -0.1) is 0 Å². The number of carbonyl (C=O) groups is 2. The number of hydrogen-bond acceptors (Lipinski definition) is 3. The Labute approximate surface area is 135 Å². The van der Waals surface area contributed by atoms with Crippen LogP contribution in [0.4, 0.5) is 0 Å². The highest BCUT2D eigenvalue weighted by atomic mass is 16.5. The van der Waals surface area contributed by atoms with Crippen molar-refractivity contribution in [1.29, 1.82) is 0 Å². The van der Waals surface area contributed by atoms with Gasteiger partial charge >= 0.3 is 0 Å². The molecule has 0 radical (unpaired) electrons. The lowest BCUT2D eigenvalue weighted by atomic mass is 10.1. The summed E-state index contributed by atoms with van der Waals surface area (Å²) in [6, 6.07) is 13.8. The third-order valence-corrected chi connectivity index (χ3v) is 4.18. The fourth-order valence-electron chi connectivity index (χ4n) is 2.84. The van der Waals surface area contributed by atoms with Crippen LogP contribution in [0.25, 0.3) is 10.8 Å². The molecule has 2 aromatic rings. The minimum absolute atomic E-state index is 0.0384. The number of piperazine rings is 1. The van der Waals surface area contributed by atoms with Crippen LogP contribution in [0, 0.1) is 0 Å². The quantitative estimate of drug-likeness (QED) is 0.810. The van der Waals surface area contributed by atoms with Gasteiger partial charge in [0.2, 0.25) is 6.41 Å². The van der Waals surface area contributed by atoms with E-state index in [0.29, 0.717) is 26.2 Å². The second kappa shape index (κ2) is 6.69. The fraction of sp³-hybridized carbons (Fsp3) is 0.333. The van der Waals surface area contributed by atoms with Gasteiger partial charge in [0.1, 0.15) is 5.75 Å². The molecule has 0 saturated carbocycles. The van der Waals surface area contributed by atoms with Crippen molar-refractivity contribution < 1.29 is 14.3 Å². The van der Waals surface area contributed by atoms with E-state index < -0.39 is 6.10 Å². The van der Waals surface area contributed by atoms with Crippen LogP contribution in [0.2, 0.25) is 0 Å². The lowest BCUT2D eigenvalue weighted by molar-refractivity contribution is -0.141. The summed E-state index contributed by atoms with van der Waals surface area (Å²) < 4.78 is 5.92. The normalized spacial score (nSPS) is 16.2. The summed E-state index contributed by atoms with van der Waals surface area (Å²) in [4.78, 5) is 26.7. The first kappa shape index (κ1) is 15.3. The third-order valence-electron chi connectivity index (χ3n) is 4.18. The summed E-state index contributed by atoms with van der Waals surface area (Å²) in [5, 5.41) is 2.09. The van der Waals surface area contributed by atoms with E-state index in [9.17, 15) is 9.59 Å². The molecule has 1 aliphatic rings. The summed E-state index contributed by atoms with van der Waals surface area (Å²) in [5.74, 6) is 0.680. The highest BCUT2D eigenvalue weighted by Crippen LogP contribution is 2.26. The third kappa shape index (κ3) is 3.28. The van der Waals surface area contributed by atoms with Crippen molar-refractivity contribution in [3.63, 3.8) is 0 Å². The van der Waals surface area contributed by atoms with Gasteiger partial charge in [-0.05, 0) is 18.4 Å². The maximum Gasteiger partial charge on any atom is 0.263 e. The van der Waals surface area contributed by atoms with Crippen molar-refractivity contribution in [3.8, 4) is 5.75 Å². The molecule has 2 aromatic carbocycles. The molecule has 1 heterocycles. The summed E-state index contributed by atoms with van der Waals surface area (Å²) in [5.41, 5.74) is 0. The summed E-state index contributed by atoms with van der Waals surface area (Å²) in [6.07, 6.45) is 0.279. The van der Waals surface area contributed by atoms with E-state index in [1.54, 1.807) is 16.7 Å². The van der Waals surface area contributed by atoms with Gasteiger partial charge in [-0.25, -0.2) is 0 Å². The summed E-state index contributed by atoms with van der Waals surface area (Å²) in [6.45, 7) is 4.05. The predicted octanol–water partition coefficient (Wildman–Crippen LogP) is 1.91. The standard InChI is InChI=1S/C18H20N2O3/c1-14(18(22)20-11-9-19(13-21)10-12-20)23-17-8-4-6-15-5-2-3-7-16(15)17/h2-8,13-14H,9-12H2,1H3/t14-/m0/s1. The molecule has 5 heteroatoms. The van der Waals surface area contributed by atoms with E-state index in [1.165, 1.54) is 0 Å². The minimum atomic E-state index is -0.552. The average Bonchev–Trinajstić information content (AvgIpc) is 2.61. The molecular weight excluding hydrogens is 292 g/mol. The molecule has 2 amide bonds. The Kier molecular flexibility index (Phi) is 4.46. The molecule has 0 unspecified atom stereocenters. The Bertz CT molecular complexity index is 703. The second-order valence-corrected chi connectivity index (χ2v) is 5.70. The van der Waals surface area contributed by atoms with E-state index in [4.69, 9.17) is 4.74 Å². The van der Waals surface area contributed by atoms with Gasteiger partial charge in [0.15, 0.2) is 6.10 Å². The highest BCUT2D eigenvalue weighted by molar-refractivity contribution is 5.89. The first-order valence-electron chi connectivity index (χ1n) is 7.81. The van der Waals surface area contributed by atoms with Crippen molar-refractivity contribution >= 4 is 23.1 Å². The van der Waals surface area contributed by atoms with Gasteiger partial charge in [0, 0.05) is 31.6 Å². The van der Waals surface area contributed by atoms with E-state index in [1.807, 2.05) is 42.5 Å². The van der Waals surface area contributed by atoms with Crippen molar-refractivity contribution in [1.82, 2.24) is 9.80 Å². The zero-order valence-corrected chi connectivity index (χ0v) is 13.1. The Balaban J connectivity index is 1.69. The number of fused-ring (bicyclic) bond motifs is 1. The number of carbonyl (C=O) groups excluding carboxylic acids is 2. The van der Waals surface area contributed by atoms with Crippen LogP contribution in [0.5, 0.6) is 5.75 Å². The van der Waals surface area contributed by atoms with Gasteiger partial charge in [0.05, 0.1) is 0 Å². The Morgan fingerprint density at radius 1 is 1.09 bits per heavy atom. The molecule has 120 valence electrons. The van der Waals surface area contributed by atoms with Gasteiger partial charge in [-0.3, -0.25) is 9.59 Å². The Hall–Kier alpha value is -2.56. The number of hydrogen-bond donors (Lipinski definition) is 0. The monoisotopic (exact) mass is 312 g/mol. The van der Waals surface area contributed by atoms with Crippen LogP contribution in [0.3, 0.4) is 0 Å². The molecule has 1 saturated heterocycles. The van der Waals surface area contributed by atoms with Crippen molar-refractivity contribution in [2.75, 3.05) is 26.2 Å². The SMILES string of the molecule is C[C@H](Oc1cccc2ccccc12)C(=O)N1CCN(C=O)CC1. The maximum atomic E-state index is 12.5. The lowest BCUT2D eigenvalue weighted by Crippen LogP contribution is -2.51. The zero-order valence-electron chi connectivity index (χ0n) is 13.1. The van der Waals surface area contributed by atoms with Crippen LogP contribution in [0.1, 0.15) is 6.92 Å². The minimum Gasteiger partial charge on any atom is -0.480 e. The van der Waals surface area contributed by atoms with Crippen LogP contribution in [0.15, 0.2) is 42.5 Å². The van der Waals surface area contributed by atoms with Crippen LogP contribution in [-0.2, 0) is 9.59 Å². The number of ether oxygens (including phenoxy) is 1. The number of benzene rings is 2. The summed E-state index contributed by atoms with van der Waals surface area (Å²) in [7, 11) is 0. The molecule has 0 bridgehead atoms. The molecular formula is C18H20N2O3. The van der Waals surface area contributed by atoms with Crippen molar-refractivity contribution in [2.24, 2.45) is 0 Å². The molecule has 3 rings (SSSR count). The molecule has 0 aliphatic carbocycles. The Morgan fingerprint density at radius 2 is 1.78 bits per heavy atom. The Morgan fingerprint density at radius 3 is 2.52 bits per heavy atom. The van der Waals surface area contributed by atoms with Crippen LogP contribution in [-0.4, -0.2) is 54.4 Å². The van der Waals surface area contributed by atoms with Gasteiger partial charge in [0.25, 0.3) is 5.91 Å². The topological polar surface area (TPSA) is 49.9 Å². The highest BCUT2D eigenvalue weighted by Gasteiger charge is 2.25. The number of nitrogens with zero attached hydrogens (tertiary/aromatic N) is 2. The van der Waals surface area contributed by atoms with Gasteiger partial charge in [-0.2, -0.15) is 0 Å². The second-order valence-electron chi connectivity index (χ2n) is 5.70. The largest absolute Gasteiger partial charge is 0.480 e.